The highest BCUT2D eigenvalue weighted by Crippen LogP contribution is 2.33. The number of amides is 1. The molecule has 2 N–H and O–H groups in total. The number of rotatable bonds is 5. The molecule has 1 amide bonds. The summed E-state index contributed by atoms with van der Waals surface area (Å²) >= 11 is 6.55. The number of anilines is 1. The third kappa shape index (κ3) is 4.60. The lowest BCUT2D eigenvalue weighted by molar-refractivity contribution is 0.102. The monoisotopic (exact) mass is 412 g/mol. The van der Waals surface area contributed by atoms with Crippen molar-refractivity contribution in [3.8, 4) is 0 Å². The van der Waals surface area contributed by atoms with E-state index < -0.39 is 0 Å². The molecule has 29 heavy (non-hydrogen) atoms. The van der Waals surface area contributed by atoms with Gasteiger partial charge in [-0.1, -0.05) is 42.8 Å². The van der Waals surface area contributed by atoms with Gasteiger partial charge in [0.05, 0.1) is 5.02 Å². The molecule has 2 aromatic carbocycles. The largest absolute Gasteiger partial charge is 0.322 e. The molecule has 0 spiro atoms. The van der Waals surface area contributed by atoms with Crippen molar-refractivity contribution >= 4 is 34.3 Å². The Balaban J connectivity index is 1.82. The number of carbonyl (C=O) groups excluding carboxylic acids is 1. The number of hydrogen-bond donors (Lipinski definition) is 2. The van der Waals surface area contributed by atoms with Crippen LogP contribution in [0.15, 0.2) is 42.5 Å². The Morgan fingerprint density at radius 1 is 1.31 bits per heavy atom. The molecule has 5 heteroatoms. The van der Waals surface area contributed by atoms with Crippen molar-refractivity contribution in [1.29, 1.82) is 0 Å². The molecule has 2 aromatic rings. The van der Waals surface area contributed by atoms with E-state index in [1.54, 1.807) is 12.1 Å². The van der Waals surface area contributed by atoms with E-state index >= 15 is 0 Å². The van der Waals surface area contributed by atoms with Gasteiger partial charge in [-0.15, -0.1) is 0 Å². The molecule has 0 aromatic heterocycles. The van der Waals surface area contributed by atoms with Crippen LogP contribution < -0.4 is 10.6 Å². The summed E-state index contributed by atoms with van der Waals surface area (Å²) in [5, 5.41) is 6.70. The van der Waals surface area contributed by atoms with E-state index in [1.165, 1.54) is 6.07 Å². The number of hydrogen-bond acceptors (Lipinski definition) is 2. The van der Waals surface area contributed by atoms with Crippen molar-refractivity contribution in [1.82, 2.24) is 5.32 Å². The summed E-state index contributed by atoms with van der Waals surface area (Å²) in [5.74, 6) is -0.736. The number of carbonyl (C=O) groups is 1. The molecule has 0 atom stereocenters. The predicted molar refractivity (Wildman–Crippen MR) is 120 cm³/mol. The fourth-order valence-corrected chi connectivity index (χ4v) is 3.88. The van der Waals surface area contributed by atoms with Crippen LogP contribution in [0, 0.1) is 12.7 Å². The van der Waals surface area contributed by atoms with Crippen LogP contribution in [0.5, 0.6) is 0 Å². The molecule has 0 saturated heterocycles. The maximum atomic E-state index is 14.6. The molecule has 0 aliphatic carbocycles. The second-order valence-corrected chi connectivity index (χ2v) is 7.48. The van der Waals surface area contributed by atoms with Crippen molar-refractivity contribution < 1.29 is 9.18 Å². The number of halogens is 2. The lowest BCUT2D eigenvalue weighted by Crippen LogP contribution is -2.20. The summed E-state index contributed by atoms with van der Waals surface area (Å²) in [6.45, 7) is 7.50. The topological polar surface area (TPSA) is 41.1 Å². The van der Waals surface area contributed by atoms with Gasteiger partial charge in [-0.25, -0.2) is 4.39 Å². The van der Waals surface area contributed by atoms with E-state index in [0.29, 0.717) is 16.3 Å². The fraction of sp³-hybridized carbons (Fsp3) is 0.292. The van der Waals surface area contributed by atoms with Gasteiger partial charge in [-0.2, -0.15) is 0 Å². The first-order valence-corrected chi connectivity index (χ1v) is 10.3. The SMILES string of the molecule is C/C=C(\CC)c1ccc(NC(=O)c2ccc(C3=CCNCC3)c(F)c2)c(C)c1Cl. The van der Waals surface area contributed by atoms with Crippen LogP contribution in [-0.2, 0) is 0 Å². The van der Waals surface area contributed by atoms with Crippen LogP contribution >= 0.6 is 11.6 Å². The Bertz CT molecular complexity index is 995. The molecule has 0 saturated carbocycles. The highest BCUT2D eigenvalue weighted by molar-refractivity contribution is 6.33. The molecule has 1 aliphatic heterocycles. The first-order chi connectivity index (χ1) is 14.0. The van der Waals surface area contributed by atoms with Gasteiger partial charge in [0.15, 0.2) is 0 Å². The van der Waals surface area contributed by atoms with Crippen LogP contribution in [0.3, 0.4) is 0 Å². The van der Waals surface area contributed by atoms with E-state index in [4.69, 9.17) is 11.6 Å². The highest BCUT2D eigenvalue weighted by Gasteiger charge is 2.16. The first-order valence-electron chi connectivity index (χ1n) is 9.92. The lowest BCUT2D eigenvalue weighted by Gasteiger charge is -2.16. The Hall–Kier alpha value is -2.43. The minimum Gasteiger partial charge on any atom is -0.322 e. The van der Waals surface area contributed by atoms with E-state index in [2.05, 4.69) is 17.6 Å². The fourth-order valence-electron chi connectivity index (χ4n) is 3.60. The van der Waals surface area contributed by atoms with Crippen molar-refractivity contribution in [3.63, 3.8) is 0 Å². The van der Waals surface area contributed by atoms with Gasteiger partial charge in [0.1, 0.15) is 5.82 Å². The minimum atomic E-state index is -0.378. The zero-order valence-corrected chi connectivity index (χ0v) is 17.8. The first kappa shape index (κ1) is 21.3. The molecule has 152 valence electrons. The summed E-state index contributed by atoms with van der Waals surface area (Å²) in [6, 6.07) is 8.41. The summed E-state index contributed by atoms with van der Waals surface area (Å²) in [6.07, 6.45) is 5.68. The van der Waals surface area contributed by atoms with Crippen LogP contribution in [-0.4, -0.2) is 19.0 Å². The van der Waals surface area contributed by atoms with Gasteiger partial charge in [0.25, 0.3) is 5.91 Å². The summed E-state index contributed by atoms with van der Waals surface area (Å²) in [5.41, 5.74) is 5.36. The maximum Gasteiger partial charge on any atom is 0.255 e. The normalized spacial score (nSPS) is 14.5. The molecule has 1 aliphatic rings. The Kier molecular flexibility index (Phi) is 6.88. The van der Waals surface area contributed by atoms with E-state index in [1.807, 2.05) is 38.1 Å². The summed E-state index contributed by atoms with van der Waals surface area (Å²) < 4.78 is 14.6. The second kappa shape index (κ2) is 9.38. The van der Waals surface area contributed by atoms with Gasteiger partial charge in [-0.3, -0.25) is 4.79 Å². The predicted octanol–water partition coefficient (Wildman–Crippen LogP) is 6.23. The van der Waals surface area contributed by atoms with Crippen molar-refractivity contribution in [2.45, 2.75) is 33.6 Å². The number of allylic oxidation sites excluding steroid dienone is 2. The van der Waals surface area contributed by atoms with Gasteiger partial charge >= 0.3 is 0 Å². The third-order valence-corrected chi connectivity index (χ3v) is 5.84. The number of nitrogens with one attached hydrogen (secondary N) is 2. The molecule has 0 bridgehead atoms. The van der Waals surface area contributed by atoms with Crippen LogP contribution in [0.2, 0.25) is 5.02 Å². The average Bonchev–Trinajstić information content (AvgIpc) is 2.74. The van der Waals surface area contributed by atoms with Gasteiger partial charge < -0.3 is 10.6 Å². The quantitative estimate of drug-likeness (QED) is 0.611. The molecule has 3 rings (SSSR count). The van der Waals surface area contributed by atoms with Gasteiger partial charge in [0, 0.05) is 23.4 Å². The van der Waals surface area contributed by atoms with Crippen LogP contribution in [0.4, 0.5) is 10.1 Å². The lowest BCUT2D eigenvalue weighted by atomic mass is 9.98. The Morgan fingerprint density at radius 3 is 2.72 bits per heavy atom. The van der Waals surface area contributed by atoms with Crippen molar-refractivity contribution in [2.24, 2.45) is 0 Å². The summed E-state index contributed by atoms with van der Waals surface area (Å²) in [7, 11) is 0. The molecular weight excluding hydrogens is 387 g/mol. The van der Waals surface area contributed by atoms with Gasteiger partial charge in [0.2, 0.25) is 0 Å². The van der Waals surface area contributed by atoms with E-state index in [9.17, 15) is 9.18 Å². The van der Waals surface area contributed by atoms with Gasteiger partial charge in [-0.05, 0) is 73.7 Å². The van der Waals surface area contributed by atoms with Crippen LogP contribution in [0.25, 0.3) is 11.1 Å². The average molecular weight is 413 g/mol. The third-order valence-electron chi connectivity index (χ3n) is 5.35. The van der Waals surface area contributed by atoms with E-state index in [0.717, 1.165) is 48.2 Å². The zero-order valence-electron chi connectivity index (χ0n) is 17.0. The molecule has 1 heterocycles. The van der Waals surface area contributed by atoms with E-state index in [-0.39, 0.29) is 17.3 Å². The smallest absolute Gasteiger partial charge is 0.255 e. The molecule has 0 unspecified atom stereocenters. The Labute approximate surface area is 176 Å². The molecular formula is C24H26ClFN2O. The van der Waals surface area contributed by atoms with Crippen molar-refractivity contribution in [2.75, 3.05) is 18.4 Å². The zero-order chi connectivity index (χ0) is 21.0. The second-order valence-electron chi connectivity index (χ2n) is 7.10. The van der Waals surface area contributed by atoms with Crippen LogP contribution in [0.1, 0.15) is 53.7 Å². The minimum absolute atomic E-state index is 0.281. The maximum absolute atomic E-state index is 14.6. The molecule has 3 nitrogen and oxygen atoms in total. The number of benzene rings is 2. The summed E-state index contributed by atoms with van der Waals surface area (Å²) in [4.78, 5) is 12.7. The Morgan fingerprint density at radius 2 is 2.10 bits per heavy atom. The van der Waals surface area contributed by atoms with Crippen molar-refractivity contribution in [3.05, 3.63) is 75.6 Å². The molecule has 0 radical (unpaired) electrons. The standard InChI is InChI=1S/C24H26ClFN2O/c1-4-16(5-2)20-8-9-22(15(3)23(20)25)28-24(29)18-6-7-19(21(26)14-18)17-10-12-27-13-11-17/h4,6-10,14,27H,5,11-13H2,1-3H3,(H,28,29)/b16-4+. The highest BCUT2D eigenvalue weighted by atomic mass is 35.5. The molecule has 0 fully saturated rings.